The number of halogens is 2. The molecule has 1 aromatic carbocycles. The van der Waals surface area contributed by atoms with E-state index in [2.05, 4.69) is 35.1 Å². The van der Waals surface area contributed by atoms with E-state index in [4.69, 9.17) is 0 Å². The molecule has 2 rings (SSSR count). The first-order valence-corrected chi connectivity index (χ1v) is 7.08. The highest BCUT2D eigenvalue weighted by atomic mass is 79.9. The lowest BCUT2D eigenvalue weighted by atomic mass is 10.0. The lowest BCUT2D eigenvalue weighted by molar-refractivity contribution is 0.453. The molecule has 1 fully saturated rings. The Kier molecular flexibility index (Phi) is 4.21. The first-order chi connectivity index (χ1) is 8.11. The molecule has 1 aliphatic carbocycles. The van der Waals surface area contributed by atoms with Crippen molar-refractivity contribution < 1.29 is 4.39 Å². The van der Waals surface area contributed by atoms with Crippen molar-refractivity contribution in [1.29, 1.82) is 0 Å². The summed E-state index contributed by atoms with van der Waals surface area (Å²) in [7, 11) is 0. The Labute approximate surface area is 111 Å². The number of hydrogen-bond donors (Lipinski definition) is 1. The van der Waals surface area contributed by atoms with Crippen LogP contribution in [0, 0.1) is 17.7 Å². The largest absolute Gasteiger partial charge is 0.314 e. The summed E-state index contributed by atoms with van der Waals surface area (Å²) in [5.74, 6) is 1.42. The fourth-order valence-electron chi connectivity index (χ4n) is 2.49. The van der Waals surface area contributed by atoms with Gasteiger partial charge in [-0.2, -0.15) is 0 Å². The monoisotopic (exact) mass is 299 g/mol. The fourth-order valence-corrected chi connectivity index (χ4v) is 2.89. The molecule has 0 aliphatic heterocycles. The number of hydrogen-bond acceptors (Lipinski definition) is 1. The molecule has 0 bridgehead atoms. The maximum absolute atomic E-state index is 13.2. The molecule has 1 aliphatic rings. The lowest BCUT2D eigenvalue weighted by Crippen LogP contribution is -2.33. The van der Waals surface area contributed by atoms with E-state index >= 15 is 0 Å². The van der Waals surface area contributed by atoms with E-state index < -0.39 is 0 Å². The minimum Gasteiger partial charge on any atom is -0.314 e. The molecule has 0 spiro atoms. The Hall–Kier alpha value is -0.410. The number of benzene rings is 1. The quantitative estimate of drug-likeness (QED) is 0.873. The molecule has 3 unspecified atom stereocenters. The molecule has 1 aromatic rings. The molecule has 17 heavy (non-hydrogen) atoms. The highest BCUT2D eigenvalue weighted by molar-refractivity contribution is 9.10. The molecule has 3 atom stereocenters. The summed E-state index contributed by atoms with van der Waals surface area (Å²) in [4.78, 5) is 0. The smallest absolute Gasteiger partial charge is 0.123 e. The third-order valence-electron chi connectivity index (χ3n) is 3.60. The van der Waals surface area contributed by atoms with Crippen molar-refractivity contribution in [3.63, 3.8) is 0 Å². The van der Waals surface area contributed by atoms with Crippen molar-refractivity contribution in [3.8, 4) is 0 Å². The lowest BCUT2D eigenvalue weighted by Gasteiger charge is -2.18. The molecule has 0 aromatic heterocycles. The van der Waals surface area contributed by atoms with E-state index in [0.29, 0.717) is 6.04 Å². The van der Waals surface area contributed by atoms with Gasteiger partial charge in [0.1, 0.15) is 5.82 Å². The topological polar surface area (TPSA) is 12.0 Å². The third-order valence-corrected chi connectivity index (χ3v) is 4.38. The molecule has 1 nitrogen and oxygen atoms in total. The van der Waals surface area contributed by atoms with Crippen LogP contribution in [0.25, 0.3) is 0 Å². The number of likely N-dealkylation sites (N-methyl/N-ethyl adjacent to an activating group) is 1. The zero-order valence-electron chi connectivity index (χ0n) is 10.3. The highest BCUT2D eigenvalue weighted by Crippen LogP contribution is 2.41. The second-order valence-corrected chi connectivity index (χ2v) is 5.84. The van der Waals surface area contributed by atoms with Crippen LogP contribution >= 0.6 is 15.9 Å². The van der Waals surface area contributed by atoms with Crippen LogP contribution in [0.5, 0.6) is 0 Å². The van der Waals surface area contributed by atoms with E-state index in [1.54, 1.807) is 12.1 Å². The highest BCUT2D eigenvalue weighted by Gasteiger charge is 2.39. The molecular formula is C14H19BrFN. The predicted octanol–water partition coefficient (Wildman–Crippen LogP) is 3.76. The minimum atomic E-state index is -0.151. The van der Waals surface area contributed by atoms with Gasteiger partial charge in [-0.3, -0.25) is 0 Å². The van der Waals surface area contributed by atoms with Crippen LogP contribution in [-0.4, -0.2) is 12.6 Å². The zero-order chi connectivity index (χ0) is 12.4. The number of nitrogens with one attached hydrogen (secondary N) is 1. The third kappa shape index (κ3) is 3.29. The van der Waals surface area contributed by atoms with Gasteiger partial charge in [0.05, 0.1) is 0 Å². The number of rotatable bonds is 5. The van der Waals surface area contributed by atoms with Crippen LogP contribution < -0.4 is 5.32 Å². The van der Waals surface area contributed by atoms with Crippen molar-refractivity contribution in [2.75, 3.05) is 6.54 Å². The summed E-state index contributed by atoms with van der Waals surface area (Å²) in [6.07, 6.45) is 2.20. The van der Waals surface area contributed by atoms with E-state index in [-0.39, 0.29) is 5.82 Å². The second kappa shape index (κ2) is 5.49. The van der Waals surface area contributed by atoms with Crippen LogP contribution in [0.15, 0.2) is 22.7 Å². The van der Waals surface area contributed by atoms with Gasteiger partial charge >= 0.3 is 0 Å². The van der Waals surface area contributed by atoms with Crippen molar-refractivity contribution in [2.45, 2.75) is 32.7 Å². The van der Waals surface area contributed by atoms with Crippen LogP contribution in [-0.2, 0) is 6.42 Å². The van der Waals surface area contributed by atoms with E-state index in [1.807, 2.05) is 0 Å². The summed E-state index contributed by atoms with van der Waals surface area (Å²) in [6.45, 7) is 5.39. The Balaban J connectivity index is 2.08. The summed E-state index contributed by atoms with van der Waals surface area (Å²) in [5.41, 5.74) is 1.06. The van der Waals surface area contributed by atoms with Crippen LogP contribution in [0.1, 0.15) is 25.8 Å². The molecule has 1 saturated carbocycles. The second-order valence-electron chi connectivity index (χ2n) is 4.98. The van der Waals surface area contributed by atoms with Gasteiger partial charge in [0.2, 0.25) is 0 Å². The Morgan fingerprint density at radius 2 is 2.24 bits per heavy atom. The van der Waals surface area contributed by atoms with Gasteiger partial charge in [-0.1, -0.05) is 29.8 Å². The van der Waals surface area contributed by atoms with E-state index in [1.165, 1.54) is 12.5 Å². The normalized spacial score (nSPS) is 24.7. The summed E-state index contributed by atoms with van der Waals surface area (Å²) < 4.78 is 14.2. The zero-order valence-corrected chi connectivity index (χ0v) is 11.9. The Morgan fingerprint density at radius 1 is 1.53 bits per heavy atom. The van der Waals surface area contributed by atoms with Gasteiger partial charge in [0.15, 0.2) is 0 Å². The maximum Gasteiger partial charge on any atom is 0.123 e. The first kappa shape index (κ1) is 13.0. The molecule has 3 heteroatoms. The first-order valence-electron chi connectivity index (χ1n) is 6.29. The average molecular weight is 300 g/mol. The predicted molar refractivity (Wildman–Crippen MR) is 72.5 cm³/mol. The van der Waals surface area contributed by atoms with Gasteiger partial charge in [-0.25, -0.2) is 4.39 Å². The molecule has 0 radical (unpaired) electrons. The molecule has 0 amide bonds. The summed E-state index contributed by atoms with van der Waals surface area (Å²) in [5, 5.41) is 3.53. The molecule has 94 valence electrons. The van der Waals surface area contributed by atoms with Gasteiger partial charge in [-0.15, -0.1) is 0 Å². The van der Waals surface area contributed by atoms with Crippen molar-refractivity contribution in [2.24, 2.45) is 11.8 Å². The van der Waals surface area contributed by atoms with Gasteiger partial charge < -0.3 is 5.32 Å². The van der Waals surface area contributed by atoms with E-state index in [0.717, 1.165) is 34.8 Å². The van der Waals surface area contributed by atoms with Gasteiger partial charge in [-0.05, 0) is 55.0 Å². The van der Waals surface area contributed by atoms with Crippen LogP contribution in [0.2, 0.25) is 0 Å². The molecular weight excluding hydrogens is 281 g/mol. The summed E-state index contributed by atoms with van der Waals surface area (Å²) in [6, 6.07) is 5.41. The molecule has 0 heterocycles. The van der Waals surface area contributed by atoms with Gasteiger partial charge in [0.25, 0.3) is 0 Å². The molecule has 0 saturated heterocycles. The van der Waals surface area contributed by atoms with Crippen molar-refractivity contribution in [1.82, 2.24) is 5.32 Å². The van der Waals surface area contributed by atoms with Crippen molar-refractivity contribution in [3.05, 3.63) is 34.1 Å². The minimum absolute atomic E-state index is 0.151. The average Bonchev–Trinajstić information content (AvgIpc) is 3.00. The fraction of sp³-hybridized carbons (Fsp3) is 0.571. The van der Waals surface area contributed by atoms with E-state index in [9.17, 15) is 4.39 Å². The SMILES string of the molecule is CCNC(Cc1cc(F)ccc1Br)C1CC1C. The van der Waals surface area contributed by atoms with Crippen molar-refractivity contribution >= 4 is 15.9 Å². The van der Waals surface area contributed by atoms with Crippen LogP contribution in [0.4, 0.5) is 4.39 Å². The summed E-state index contributed by atoms with van der Waals surface area (Å²) >= 11 is 3.50. The van der Waals surface area contributed by atoms with Gasteiger partial charge in [0, 0.05) is 10.5 Å². The van der Waals surface area contributed by atoms with Crippen LogP contribution in [0.3, 0.4) is 0 Å². The Bertz CT molecular complexity index is 394. The molecule has 1 N–H and O–H groups in total. The Morgan fingerprint density at radius 3 is 2.82 bits per heavy atom. The standard InChI is InChI=1S/C14H19BrFN/c1-3-17-14(12-6-9(12)2)8-10-7-11(16)4-5-13(10)15/h4-5,7,9,12,14,17H,3,6,8H2,1-2H3. The maximum atomic E-state index is 13.2.